The Bertz CT molecular complexity index is 1550. The van der Waals surface area contributed by atoms with Gasteiger partial charge in [-0.05, 0) is 37.0 Å². The highest BCUT2D eigenvalue weighted by atomic mass is 32.1. The minimum atomic E-state index is -0.549. The SMILES string of the molecule is CCOC(=O)c1cc(-c2ccccc2)sc1NC(=O)Cn1cnc2sc(C(=O)OCC(C)C)c(C)c2c1=O. The Balaban J connectivity index is 1.59. The number of benzene rings is 1. The van der Waals surface area contributed by atoms with Crippen LogP contribution in [0.1, 0.15) is 46.4 Å². The van der Waals surface area contributed by atoms with Crippen LogP contribution in [0.4, 0.5) is 5.00 Å². The lowest BCUT2D eigenvalue weighted by atomic mass is 10.1. The number of thiophene rings is 2. The predicted octanol–water partition coefficient (Wildman–Crippen LogP) is 5.12. The summed E-state index contributed by atoms with van der Waals surface area (Å²) in [7, 11) is 0. The van der Waals surface area contributed by atoms with E-state index in [4.69, 9.17) is 9.47 Å². The van der Waals surface area contributed by atoms with E-state index in [1.54, 1.807) is 19.9 Å². The summed E-state index contributed by atoms with van der Waals surface area (Å²) in [5.74, 6) is -1.38. The molecule has 0 atom stereocenters. The molecule has 0 saturated heterocycles. The van der Waals surface area contributed by atoms with Gasteiger partial charge in [-0.1, -0.05) is 44.2 Å². The molecule has 0 aliphatic rings. The second kappa shape index (κ2) is 11.7. The molecule has 1 amide bonds. The number of nitrogens with zero attached hydrogens (tertiary/aromatic N) is 2. The van der Waals surface area contributed by atoms with Crippen molar-refractivity contribution in [1.82, 2.24) is 9.55 Å². The monoisotopic (exact) mass is 553 g/mol. The van der Waals surface area contributed by atoms with Crippen molar-refractivity contribution in [2.24, 2.45) is 5.92 Å². The lowest BCUT2D eigenvalue weighted by Crippen LogP contribution is -2.28. The number of hydrogen-bond donors (Lipinski definition) is 1. The molecule has 0 bridgehead atoms. The maximum atomic E-state index is 13.2. The molecule has 11 heteroatoms. The van der Waals surface area contributed by atoms with Crippen molar-refractivity contribution >= 4 is 55.7 Å². The number of fused-ring (bicyclic) bond motifs is 1. The molecule has 1 N–H and O–H groups in total. The molecular weight excluding hydrogens is 526 g/mol. The lowest BCUT2D eigenvalue weighted by molar-refractivity contribution is -0.116. The summed E-state index contributed by atoms with van der Waals surface area (Å²) in [6.45, 7) is 7.38. The van der Waals surface area contributed by atoms with Gasteiger partial charge in [0.2, 0.25) is 5.91 Å². The molecule has 0 saturated carbocycles. The van der Waals surface area contributed by atoms with Crippen LogP contribution in [0, 0.1) is 12.8 Å². The number of rotatable bonds is 9. The van der Waals surface area contributed by atoms with E-state index in [1.165, 1.54) is 22.2 Å². The molecule has 198 valence electrons. The maximum Gasteiger partial charge on any atom is 0.348 e. The molecule has 0 unspecified atom stereocenters. The topological polar surface area (TPSA) is 117 Å². The average molecular weight is 554 g/mol. The molecule has 0 aliphatic carbocycles. The second-order valence-electron chi connectivity index (χ2n) is 8.89. The van der Waals surface area contributed by atoms with Gasteiger partial charge in [-0.15, -0.1) is 22.7 Å². The number of ether oxygens (including phenoxy) is 2. The van der Waals surface area contributed by atoms with Crippen molar-refractivity contribution in [2.45, 2.75) is 34.2 Å². The molecule has 0 fully saturated rings. The van der Waals surface area contributed by atoms with Crippen molar-refractivity contribution in [3.63, 3.8) is 0 Å². The van der Waals surface area contributed by atoms with Crippen molar-refractivity contribution < 1.29 is 23.9 Å². The van der Waals surface area contributed by atoms with Crippen LogP contribution in [-0.4, -0.2) is 40.6 Å². The number of carbonyl (C=O) groups excluding carboxylic acids is 3. The Kier molecular flexibility index (Phi) is 8.38. The first-order chi connectivity index (χ1) is 18.2. The summed E-state index contributed by atoms with van der Waals surface area (Å²) < 4.78 is 11.7. The first-order valence-electron chi connectivity index (χ1n) is 12.0. The van der Waals surface area contributed by atoms with Gasteiger partial charge in [0.25, 0.3) is 5.56 Å². The van der Waals surface area contributed by atoms with E-state index in [-0.39, 0.29) is 36.6 Å². The van der Waals surface area contributed by atoms with Gasteiger partial charge in [0, 0.05) is 4.88 Å². The number of aromatic nitrogens is 2. The van der Waals surface area contributed by atoms with Crippen LogP contribution in [0.25, 0.3) is 20.7 Å². The third-order valence-electron chi connectivity index (χ3n) is 5.50. The smallest absolute Gasteiger partial charge is 0.348 e. The zero-order chi connectivity index (χ0) is 27.4. The Labute approximate surface area is 227 Å². The summed E-state index contributed by atoms with van der Waals surface area (Å²) in [6.07, 6.45) is 1.28. The number of amides is 1. The van der Waals surface area contributed by atoms with E-state index in [2.05, 4.69) is 10.3 Å². The molecule has 4 rings (SSSR count). The number of esters is 2. The average Bonchev–Trinajstić information content (AvgIpc) is 3.46. The fourth-order valence-electron chi connectivity index (χ4n) is 3.68. The van der Waals surface area contributed by atoms with Gasteiger partial charge in [-0.25, -0.2) is 14.6 Å². The van der Waals surface area contributed by atoms with Crippen LogP contribution in [0.2, 0.25) is 0 Å². The van der Waals surface area contributed by atoms with E-state index >= 15 is 0 Å². The van der Waals surface area contributed by atoms with Gasteiger partial charge in [-0.2, -0.15) is 0 Å². The number of hydrogen-bond acceptors (Lipinski definition) is 9. The zero-order valence-corrected chi connectivity index (χ0v) is 23.0. The molecule has 3 heterocycles. The molecule has 0 radical (unpaired) electrons. The summed E-state index contributed by atoms with van der Waals surface area (Å²) in [4.78, 5) is 57.1. The van der Waals surface area contributed by atoms with E-state index in [1.807, 2.05) is 44.2 Å². The van der Waals surface area contributed by atoms with E-state index in [0.717, 1.165) is 21.8 Å². The number of anilines is 1. The number of aryl methyl sites for hydroxylation is 1. The van der Waals surface area contributed by atoms with Gasteiger partial charge < -0.3 is 14.8 Å². The lowest BCUT2D eigenvalue weighted by Gasteiger charge is -2.08. The van der Waals surface area contributed by atoms with Gasteiger partial charge in [0.05, 0.1) is 30.5 Å². The highest BCUT2D eigenvalue weighted by molar-refractivity contribution is 7.20. The number of nitrogens with one attached hydrogen (secondary N) is 1. The Morgan fingerprint density at radius 2 is 1.82 bits per heavy atom. The van der Waals surface area contributed by atoms with Crippen LogP contribution >= 0.6 is 22.7 Å². The van der Waals surface area contributed by atoms with E-state index in [9.17, 15) is 19.2 Å². The highest BCUT2D eigenvalue weighted by Gasteiger charge is 2.23. The molecule has 0 spiro atoms. The second-order valence-corrected chi connectivity index (χ2v) is 10.9. The van der Waals surface area contributed by atoms with Crippen molar-refractivity contribution in [3.8, 4) is 10.4 Å². The quantitative estimate of drug-likeness (QED) is 0.286. The first kappa shape index (κ1) is 27.2. The molecule has 9 nitrogen and oxygen atoms in total. The summed E-state index contributed by atoms with van der Waals surface area (Å²) in [5.41, 5.74) is 1.17. The summed E-state index contributed by atoms with van der Waals surface area (Å²) in [5, 5.41) is 3.35. The molecule has 3 aromatic heterocycles. The maximum absolute atomic E-state index is 13.2. The van der Waals surface area contributed by atoms with Crippen molar-refractivity contribution in [2.75, 3.05) is 18.5 Å². The van der Waals surface area contributed by atoms with Crippen LogP contribution in [0.3, 0.4) is 0 Å². The van der Waals surface area contributed by atoms with Crippen LogP contribution in [-0.2, 0) is 20.8 Å². The van der Waals surface area contributed by atoms with Crippen LogP contribution < -0.4 is 10.9 Å². The largest absolute Gasteiger partial charge is 0.462 e. The summed E-state index contributed by atoms with van der Waals surface area (Å²) >= 11 is 2.33. The van der Waals surface area contributed by atoms with Gasteiger partial charge in [0.1, 0.15) is 21.3 Å². The highest BCUT2D eigenvalue weighted by Crippen LogP contribution is 2.36. The number of carbonyl (C=O) groups is 3. The fraction of sp³-hybridized carbons (Fsp3) is 0.296. The standard InChI is InChI=1S/C27H27N3O6S2/c1-5-35-26(33)18-11-19(17-9-7-6-8-10-17)37-23(18)29-20(31)12-30-14-28-24-21(25(30)32)16(4)22(38-24)27(34)36-13-15(2)3/h6-11,14-15H,5,12-13H2,1-4H3,(H,29,31). The fourth-order valence-corrected chi connectivity index (χ4v) is 5.79. The first-order valence-corrected chi connectivity index (χ1v) is 13.6. The van der Waals surface area contributed by atoms with Gasteiger partial charge >= 0.3 is 11.9 Å². The third-order valence-corrected chi connectivity index (χ3v) is 7.78. The molecule has 4 aromatic rings. The molecule has 1 aromatic carbocycles. The van der Waals surface area contributed by atoms with Crippen LogP contribution in [0.15, 0.2) is 47.5 Å². The van der Waals surface area contributed by atoms with E-state index < -0.39 is 23.4 Å². The zero-order valence-electron chi connectivity index (χ0n) is 21.4. The molecule has 0 aliphatic heterocycles. The van der Waals surface area contributed by atoms with Crippen molar-refractivity contribution in [3.05, 3.63) is 69.1 Å². The Hall–Kier alpha value is -3.83. The summed E-state index contributed by atoms with van der Waals surface area (Å²) in [6, 6.07) is 11.2. The minimum absolute atomic E-state index is 0.180. The van der Waals surface area contributed by atoms with Crippen molar-refractivity contribution in [1.29, 1.82) is 0 Å². The van der Waals surface area contributed by atoms with Crippen LogP contribution in [0.5, 0.6) is 0 Å². The Morgan fingerprint density at radius 3 is 2.50 bits per heavy atom. The Morgan fingerprint density at radius 1 is 1.08 bits per heavy atom. The minimum Gasteiger partial charge on any atom is -0.462 e. The van der Waals surface area contributed by atoms with E-state index in [0.29, 0.717) is 20.3 Å². The molecule has 38 heavy (non-hydrogen) atoms. The molecular formula is C27H27N3O6S2. The van der Waals surface area contributed by atoms with Gasteiger partial charge in [0.15, 0.2) is 0 Å². The predicted molar refractivity (Wildman–Crippen MR) is 148 cm³/mol. The third kappa shape index (κ3) is 5.84. The normalized spacial score (nSPS) is 11.1. The van der Waals surface area contributed by atoms with Gasteiger partial charge in [-0.3, -0.25) is 14.2 Å².